The first-order valence-electron chi connectivity index (χ1n) is 7.33. The predicted octanol–water partition coefficient (Wildman–Crippen LogP) is 2.22. The fourth-order valence-corrected chi connectivity index (χ4v) is 2.69. The molecule has 1 N–H and O–H groups in total. The third-order valence-corrected chi connectivity index (χ3v) is 3.86. The number of nitrogens with one attached hydrogen (secondary N) is 1. The molecule has 4 heteroatoms. The molecule has 1 aliphatic rings. The highest BCUT2D eigenvalue weighted by atomic mass is 16.5. The Labute approximate surface area is 121 Å². The minimum Gasteiger partial charge on any atom is -0.496 e. The monoisotopic (exact) mass is 276 g/mol. The van der Waals surface area contributed by atoms with Crippen LogP contribution < -0.4 is 10.1 Å². The molecule has 1 fully saturated rings. The van der Waals surface area contributed by atoms with Crippen LogP contribution in [0.3, 0.4) is 0 Å². The van der Waals surface area contributed by atoms with Crippen LogP contribution in [0.2, 0.25) is 0 Å². The van der Waals surface area contributed by atoms with Crippen LogP contribution in [-0.2, 0) is 0 Å². The van der Waals surface area contributed by atoms with Gasteiger partial charge in [0.1, 0.15) is 5.75 Å². The van der Waals surface area contributed by atoms with Crippen molar-refractivity contribution in [2.45, 2.75) is 32.7 Å². The number of nitrogens with zero attached hydrogens (tertiary/aromatic N) is 1. The van der Waals surface area contributed by atoms with Crippen molar-refractivity contribution < 1.29 is 9.53 Å². The van der Waals surface area contributed by atoms with Gasteiger partial charge in [0.2, 0.25) is 0 Å². The quantitative estimate of drug-likeness (QED) is 0.896. The van der Waals surface area contributed by atoms with E-state index < -0.39 is 0 Å². The van der Waals surface area contributed by atoms with Gasteiger partial charge < -0.3 is 15.0 Å². The highest BCUT2D eigenvalue weighted by molar-refractivity contribution is 5.97. The smallest absolute Gasteiger partial charge is 0.257 e. The average Bonchev–Trinajstić information content (AvgIpc) is 2.97. The van der Waals surface area contributed by atoms with Crippen molar-refractivity contribution in [3.63, 3.8) is 0 Å². The molecule has 2 rings (SSSR count). The molecule has 1 amide bonds. The lowest BCUT2D eigenvalue weighted by Crippen LogP contribution is -2.41. The summed E-state index contributed by atoms with van der Waals surface area (Å²) in [5, 5.41) is 3.44. The van der Waals surface area contributed by atoms with Crippen LogP contribution in [0.15, 0.2) is 18.2 Å². The molecule has 1 heterocycles. The summed E-state index contributed by atoms with van der Waals surface area (Å²) >= 11 is 0. The average molecular weight is 276 g/mol. The summed E-state index contributed by atoms with van der Waals surface area (Å²) in [6.45, 7) is 6.56. The van der Waals surface area contributed by atoms with Gasteiger partial charge in [0.05, 0.1) is 12.7 Å². The Bertz CT molecular complexity index is 468. The van der Waals surface area contributed by atoms with Crippen LogP contribution in [0.4, 0.5) is 0 Å². The van der Waals surface area contributed by atoms with Gasteiger partial charge in [-0.25, -0.2) is 0 Å². The number of aryl methyl sites for hydroxylation is 1. The molecular weight excluding hydrogens is 252 g/mol. The first-order chi connectivity index (χ1) is 9.65. The van der Waals surface area contributed by atoms with Crippen LogP contribution in [0.25, 0.3) is 0 Å². The maximum Gasteiger partial charge on any atom is 0.257 e. The Balaban J connectivity index is 2.16. The molecule has 1 aromatic carbocycles. The Morgan fingerprint density at radius 1 is 1.50 bits per heavy atom. The molecule has 20 heavy (non-hydrogen) atoms. The number of hydrogen-bond acceptors (Lipinski definition) is 3. The molecule has 0 radical (unpaired) electrons. The molecular formula is C16H24N2O2. The summed E-state index contributed by atoms with van der Waals surface area (Å²) in [5.41, 5.74) is 1.73. The van der Waals surface area contributed by atoms with Crippen LogP contribution in [-0.4, -0.2) is 43.6 Å². The van der Waals surface area contributed by atoms with Gasteiger partial charge in [-0.15, -0.1) is 0 Å². The summed E-state index contributed by atoms with van der Waals surface area (Å²) in [6, 6.07) is 6.16. The molecule has 0 bridgehead atoms. The van der Waals surface area contributed by atoms with E-state index in [1.54, 1.807) is 7.11 Å². The third-order valence-electron chi connectivity index (χ3n) is 3.86. The maximum atomic E-state index is 12.7. The number of ether oxygens (including phenoxy) is 1. The van der Waals surface area contributed by atoms with Gasteiger partial charge in [-0.2, -0.15) is 0 Å². The zero-order chi connectivity index (χ0) is 14.5. The second-order valence-corrected chi connectivity index (χ2v) is 5.34. The predicted molar refractivity (Wildman–Crippen MR) is 80.3 cm³/mol. The number of likely N-dealkylation sites (N-methyl/N-ethyl adjacent to an activating group) is 1. The number of carbonyl (C=O) groups is 1. The SMILES string of the molecule is CCN(CC1CCCN1)C(=O)c1cc(C)ccc1OC. The number of benzene rings is 1. The standard InChI is InChI=1S/C16H24N2O2/c1-4-18(11-13-6-5-9-17-13)16(19)14-10-12(2)7-8-15(14)20-3/h7-8,10,13,17H,4-6,9,11H2,1-3H3. The number of methoxy groups -OCH3 is 1. The first-order valence-corrected chi connectivity index (χ1v) is 7.33. The molecule has 4 nitrogen and oxygen atoms in total. The summed E-state index contributed by atoms with van der Waals surface area (Å²) in [6.07, 6.45) is 2.35. The molecule has 0 aromatic heterocycles. The van der Waals surface area contributed by atoms with E-state index in [1.165, 1.54) is 6.42 Å². The lowest BCUT2D eigenvalue weighted by atomic mass is 10.1. The second-order valence-electron chi connectivity index (χ2n) is 5.34. The van der Waals surface area contributed by atoms with Crippen molar-refractivity contribution in [2.75, 3.05) is 26.7 Å². The van der Waals surface area contributed by atoms with Crippen molar-refractivity contribution >= 4 is 5.91 Å². The van der Waals surface area contributed by atoms with Crippen molar-refractivity contribution in [1.82, 2.24) is 10.2 Å². The Kier molecular flexibility index (Phi) is 5.01. The maximum absolute atomic E-state index is 12.7. The Morgan fingerprint density at radius 2 is 2.30 bits per heavy atom. The molecule has 1 saturated heterocycles. The molecule has 1 aromatic rings. The zero-order valence-corrected chi connectivity index (χ0v) is 12.6. The number of rotatable bonds is 5. The van der Waals surface area contributed by atoms with Crippen molar-refractivity contribution in [1.29, 1.82) is 0 Å². The highest BCUT2D eigenvalue weighted by Crippen LogP contribution is 2.22. The zero-order valence-electron chi connectivity index (χ0n) is 12.6. The van der Waals surface area contributed by atoms with Gasteiger partial charge >= 0.3 is 0 Å². The van der Waals surface area contributed by atoms with Gasteiger partial charge in [-0.3, -0.25) is 4.79 Å². The van der Waals surface area contributed by atoms with Crippen molar-refractivity contribution in [3.05, 3.63) is 29.3 Å². The largest absolute Gasteiger partial charge is 0.496 e. The molecule has 1 atom stereocenters. The van der Waals surface area contributed by atoms with Crippen LogP contribution >= 0.6 is 0 Å². The Hall–Kier alpha value is -1.55. The lowest BCUT2D eigenvalue weighted by molar-refractivity contribution is 0.0748. The molecule has 0 aliphatic carbocycles. The van der Waals surface area contributed by atoms with Crippen LogP contribution in [0.5, 0.6) is 5.75 Å². The normalized spacial score (nSPS) is 18.1. The fourth-order valence-electron chi connectivity index (χ4n) is 2.69. The number of hydrogen-bond donors (Lipinski definition) is 1. The summed E-state index contributed by atoms with van der Waals surface area (Å²) in [5.74, 6) is 0.709. The van der Waals surface area contributed by atoms with E-state index in [2.05, 4.69) is 5.32 Å². The molecule has 110 valence electrons. The molecule has 0 saturated carbocycles. The van der Waals surface area contributed by atoms with E-state index >= 15 is 0 Å². The number of carbonyl (C=O) groups excluding carboxylic acids is 1. The van der Waals surface area contributed by atoms with E-state index in [4.69, 9.17) is 4.74 Å². The van der Waals surface area contributed by atoms with E-state index in [1.807, 2.05) is 36.9 Å². The summed E-state index contributed by atoms with van der Waals surface area (Å²) in [4.78, 5) is 14.6. The van der Waals surface area contributed by atoms with E-state index in [-0.39, 0.29) is 5.91 Å². The highest BCUT2D eigenvalue weighted by Gasteiger charge is 2.23. The molecule has 1 aliphatic heterocycles. The van der Waals surface area contributed by atoms with Gasteiger partial charge in [0.15, 0.2) is 0 Å². The summed E-state index contributed by atoms with van der Waals surface area (Å²) < 4.78 is 5.32. The van der Waals surface area contributed by atoms with Gasteiger partial charge in [-0.05, 0) is 45.4 Å². The van der Waals surface area contributed by atoms with E-state index in [0.717, 1.165) is 25.1 Å². The minimum absolute atomic E-state index is 0.0572. The van der Waals surface area contributed by atoms with Crippen LogP contribution in [0.1, 0.15) is 35.7 Å². The van der Waals surface area contributed by atoms with Crippen molar-refractivity contribution in [2.24, 2.45) is 0 Å². The topological polar surface area (TPSA) is 41.6 Å². The van der Waals surface area contributed by atoms with Crippen LogP contribution in [0, 0.1) is 6.92 Å². The van der Waals surface area contributed by atoms with E-state index in [9.17, 15) is 4.79 Å². The third kappa shape index (κ3) is 3.31. The minimum atomic E-state index is 0.0572. The second kappa shape index (κ2) is 6.75. The van der Waals surface area contributed by atoms with Gasteiger partial charge in [0, 0.05) is 19.1 Å². The summed E-state index contributed by atoms with van der Waals surface area (Å²) in [7, 11) is 1.61. The van der Waals surface area contributed by atoms with Crippen molar-refractivity contribution in [3.8, 4) is 5.75 Å². The van der Waals surface area contributed by atoms with Gasteiger partial charge in [0.25, 0.3) is 5.91 Å². The van der Waals surface area contributed by atoms with Gasteiger partial charge in [-0.1, -0.05) is 11.6 Å². The lowest BCUT2D eigenvalue weighted by Gasteiger charge is -2.25. The molecule has 0 spiro atoms. The molecule has 1 unspecified atom stereocenters. The Morgan fingerprint density at radius 3 is 2.90 bits per heavy atom. The number of amides is 1. The fraction of sp³-hybridized carbons (Fsp3) is 0.562. The van der Waals surface area contributed by atoms with E-state index in [0.29, 0.717) is 23.9 Å². The first kappa shape index (κ1) is 14.9.